The fraction of sp³-hybridized carbons (Fsp3) is 0.500. The molecule has 19 heavy (non-hydrogen) atoms. The van der Waals surface area contributed by atoms with Crippen LogP contribution in [0.1, 0.15) is 18.9 Å². The maximum absolute atomic E-state index is 11.4. The van der Waals surface area contributed by atoms with Crippen molar-refractivity contribution in [1.29, 1.82) is 0 Å². The minimum atomic E-state index is 0.169. The number of carbonyl (C=O) groups is 1. The maximum Gasteiger partial charge on any atom is 0.219 e. The number of halogens is 1. The van der Waals surface area contributed by atoms with E-state index in [4.69, 9.17) is 5.73 Å². The Morgan fingerprint density at radius 2 is 2.11 bits per heavy atom. The lowest BCUT2D eigenvalue weighted by Crippen LogP contribution is -2.33. The summed E-state index contributed by atoms with van der Waals surface area (Å²) in [5, 5.41) is 0. The molecule has 0 atom stereocenters. The molecule has 1 saturated heterocycles. The van der Waals surface area contributed by atoms with E-state index in [2.05, 4.69) is 20.8 Å². The summed E-state index contributed by atoms with van der Waals surface area (Å²) in [5.74, 6) is 0.169. The molecular weight excluding hydrogens is 306 g/mol. The first kappa shape index (κ1) is 14.3. The van der Waals surface area contributed by atoms with E-state index in [0.717, 1.165) is 54.9 Å². The van der Waals surface area contributed by atoms with Crippen molar-refractivity contribution in [3.63, 3.8) is 0 Å². The summed E-state index contributed by atoms with van der Waals surface area (Å²) in [4.78, 5) is 15.7. The second kappa shape index (κ2) is 6.39. The largest absolute Gasteiger partial charge is 0.398 e. The smallest absolute Gasteiger partial charge is 0.219 e. The third-order valence-corrected chi connectivity index (χ3v) is 4.31. The molecule has 1 amide bonds. The standard InChI is InChI=1S/C14H20BrN3O/c1-11(19)18-7-3-6-17(8-9-18)10-12-13(15)4-2-5-14(12)16/h2,4-5H,3,6-10,16H2,1H3. The van der Waals surface area contributed by atoms with Crippen molar-refractivity contribution in [2.45, 2.75) is 19.9 Å². The van der Waals surface area contributed by atoms with Gasteiger partial charge in [0.05, 0.1) is 0 Å². The summed E-state index contributed by atoms with van der Waals surface area (Å²) < 4.78 is 1.06. The Labute approximate surface area is 122 Å². The summed E-state index contributed by atoms with van der Waals surface area (Å²) in [6, 6.07) is 5.90. The number of nitrogens with two attached hydrogens (primary N) is 1. The van der Waals surface area contributed by atoms with Gasteiger partial charge in [0, 0.05) is 55.4 Å². The molecule has 0 unspecified atom stereocenters. The van der Waals surface area contributed by atoms with Gasteiger partial charge in [0.1, 0.15) is 0 Å². The van der Waals surface area contributed by atoms with Crippen LogP contribution in [0.3, 0.4) is 0 Å². The Kier molecular flexibility index (Phi) is 4.82. The number of rotatable bonds is 2. The van der Waals surface area contributed by atoms with Crippen LogP contribution in [0.5, 0.6) is 0 Å². The molecule has 0 saturated carbocycles. The lowest BCUT2D eigenvalue weighted by molar-refractivity contribution is -0.128. The van der Waals surface area contributed by atoms with Gasteiger partial charge in [0.2, 0.25) is 5.91 Å². The zero-order chi connectivity index (χ0) is 13.8. The van der Waals surface area contributed by atoms with E-state index in [1.807, 2.05) is 23.1 Å². The predicted octanol–water partition coefficient (Wildman–Crippen LogP) is 2.09. The van der Waals surface area contributed by atoms with E-state index in [9.17, 15) is 4.79 Å². The van der Waals surface area contributed by atoms with Crippen molar-refractivity contribution in [2.24, 2.45) is 0 Å². The third-order valence-electron chi connectivity index (χ3n) is 3.57. The highest BCUT2D eigenvalue weighted by molar-refractivity contribution is 9.10. The summed E-state index contributed by atoms with van der Waals surface area (Å²) in [6.45, 7) is 6.04. The fourth-order valence-electron chi connectivity index (χ4n) is 2.41. The Bertz CT molecular complexity index is 444. The van der Waals surface area contributed by atoms with Crippen molar-refractivity contribution in [3.8, 4) is 0 Å². The van der Waals surface area contributed by atoms with Crippen molar-refractivity contribution in [3.05, 3.63) is 28.2 Å². The van der Waals surface area contributed by atoms with Crippen molar-refractivity contribution in [2.75, 3.05) is 31.9 Å². The number of amides is 1. The molecule has 0 radical (unpaired) electrons. The minimum Gasteiger partial charge on any atom is -0.398 e. The Balaban J connectivity index is 2.02. The van der Waals surface area contributed by atoms with Crippen molar-refractivity contribution >= 4 is 27.5 Å². The van der Waals surface area contributed by atoms with Gasteiger partial charge in [-0.15, -0.1) is 0 Å². The number of nitrogens with zero attached hydrogens (tertiary/aromatic N) is 2. The van der Waals surface area contributed by atoms with E-state index in [-0.39, 0.29) is 5.91 Å². The molecule has 1 fully saturated rings. The van der Waals surface area contributed by atoms with Gasteiger partial charge in [-0.05, 0) is 18.6 Å². The van der Waals surface area contributed by atoms with Crippen LogP contribution in [0.4, 0.5) is 5.69 Å². The number of hydrogen-bond donors (Lipinski definition) is 1. The highest BCUT2D eigenvalue weighted by Crippen LogP contribution is 2.24. The van der Waals surface area contributed by atoms with E-state index in [0.29, 0.717) is 0 Å². The van der Waals surface area contributed by atoms with Crippen LogP contribution in [0.15, 0.2) is 22.7 Å². The van der Waals surface area contributed by atoms with Crippen molar-refractivity contribution < 1.29 is 4.79 Å². The molecule has 1 aromatic rings. The van der Waals surface area contributed by atoms with Gasteiger partial charge in [0.15, 0.2) is 0 Å². The lowest BCUT2D eigenvalue weighted by Gasteiger charge is -2.22. The molecule has 0 aliphatic carbocycles. The molecule has 2 N–H and O–H groups in total. The van der Waals surface area contributed by atoms with Gasteiger partial charge >= 0.3 is 0 Å². The average molecular weight is 326 g/mol. The number of nitrogen functional groups attached to an aromatic ring is 1. The molecule has 1 aliphatic rings. The molecule has 2 rings (SSSR count). The second-order valence-corrected chi connectivity index (χ2v) is 5.80. The van der Waals surface area contributed by atoms with Crippen LogP contribution in [0, 0.1) is 0 Å². The molecule has 0 spiro atoms. The zero-order valence-corrected chi connectivity index (χ0v) is 12.8. The van der Waals surface area contributed by atoms with Crippen LogP contribution in [-0.4, -0.2) is 41.9 Å². The predicted molar refractivity (Wildman–Crippen MR) is 80.7 cm³/mol. The first-order chi connectivity index (χ1) is 9.08. The third kappa shape index (κ3) is 3.70. The Morgan fingerprint density at radius 3 is 2.79 bits per heavy atom. The summed E-state index contributed by atoms with van der Waals surface area (Å²) in [5.41, 5.74) is 7.99. The number of anilines is 1. The normalized spacial score (nSPS) is 17.3. The number of hydrogen-bond acceptors (Lipinski definition) is 3. The van der Waals surface area contributed by atoms with Gasteiger partial charge in [0.25, 0.3) is 0 Å². The molecule has 1 aromatic carbocycles. The Morgan fingerprint density at radius 1 is 1.32 bits per heavy atom. The van der Waals surface area contributed by atoms with Gasteiger partial charge in [-0.3, -0.25) is 9.69 Å². The van der Waals surface area contributed by atoms with Crippen LogP contribution in [-0.2, 0) is 11.3 Å². The molecular formula is C14H20BrN3O. The second-order valence-electron chi connectivity index (χ2n) is 4.94. The van der Waals surface area contributed by atoms with E-state index in [1.54, 1.807) is 6.92 Å². The Hall–Kier alpha value is -1.07. The zero-order valence-electron chi connectivity index (χ0n) is 11.2. The summed E-state index contributed by atoms with van der Waals surface area (Å²) >= 11 is 3.56. The number of carbonyl (C=O) groups excluding carboxylic acids is 1. The van der Waals surface area contributed by atoms with Crippen LogP contribution in [0.2, 0.25) is 0 Å². The van der Waals surface area contributed by atoms with E-state index in [1.165, 1.54) is 0 Å². The monoisotopic (exact) mass is 325 g/mol. The van der Waals surface area contributed by atoms with E-state index < -0.39 is 0 Å². The summed E-state index contributed by atoms with van der Waals surface area (Å²) in [6.07, 6.45) is 1.02. The average Bonchev–Trinajstić information content (AvgIpc) is 2.59. The van der Waals surface area contributed by atoms with Gasteiger partial charge in [-0.2, -0.15) is 0 Å². The quantitative estimate of drug-likeness (QED) is 0.847. The molecule has 1 aliphatic heterocycles. The highest BCUT2D eigenvalue weighted by atomic mass is 79.9. The molecule has 5 heteroatoms. The highest BCUT2D eigenvalue weighted by Gasteiger charge is 2.17. The summed E-state index contributed by atoms with van der Waals surface area (Å²) in [7, 11) is 0. The maximum atomic E-state index is 11.4. The SMILES string of the molecule is CC(=O)N1CCCN(Cc2c(N)cccc2Br)CC1. The molecule has 4 nitrogen and oxygen atoms in total. The lowest BCUT2D eigenvalue weighted by atomic mass is 10.1. The van der Waals surface area contributed by atoms with E-state index >= 15 is 0 Å². The van der Waals surface area contributed by atoms with Gasteiger partial charge in [-0.1, -0.05) is 22.0 Å². The van der Waals surface area contributed by atoms with Gasteiger partial charge < -0.3 is 10.6 Å². The van der Waals surface area contributed by atoms with Crippen LogP contribution in [0.25, 0.3) is 0 Å². The fourth-order valence-corrected chi connectivity index (χ4v) is 2.92. The molecule has 1 heterocycles. The molecule has 104 valence electrons. The first-order valence-electron chi connectivity index (χ1n) is 6.58. The molecule has 0 aromatic heterocycles. The van der Waals surface area contributed by atoms with Crippen LogP contribution < -0.4 is 5.73 Å². The van der Waals surface area contributed by atoms with Crippen molar-refractivity contribution in [1.82, 2.24) is 9.80 Å². The minimum absolute atomic E-state index is 0.169. The molecule has 0 bridgehead atoms. The number of benzene rings is 1. The van der Waals surface area contributed by atoms with Gasteiger partial charge in [-0.25, -0.2) is 0 Å². The first-order valence-corrected chi connectivity index (χ1v) is 7.38. The van der Waals surface area contributed by atoms with Crippen LogP contribution >= 0.6 is 15.9 Å². The topological polar surface area (TPSA) is 49.6 Å².